The lowest BCUT2D eigenvalue weighted by Gasteiger charge is -2.18. The van der Waals surface area contributed by atoms with Crippen molar-refractivity contribution in [1.29, 1.82) is 0 Å². The molecule has 1 fully saturated rings. The van der Waals surface area contributed by atoms with Gasteiger partial charge < -0.3 is 20.4 Å². The third kappa shape index (κ3) is 2.95. The maximum atomic E-state index is 9.53. The third-order valence-electron chi connectivity index (χ3n) is 3.23. The smallest absolute Gasteiger partial charge is 0.0990 e. The average molecular weight is 271 g/mol. The van der Waals surface area contributed by atoms with Gasteiger partial charge >= 0.3 is 0 Å². The molecule has 2 atom stereocenters. The fraction of sp³-hybridized carbons (Fsp3) is 0.538. The Hall–Kier alpha value is -0.810. The van der Waals surface area contributed by atoms with Gasteiger partial charge in [0.1, 0.15) is 0 Å². The Balaban J connectivity index is 2.09. The van der Waals surface area contributed by atoms with Crippen LogP contribution in [0.5, 0.6) is 0 Å². The maximum absolute atomic E-state index is 9.53. The highest BCUT2D eigenvalue weighted by Gasteiger charge is 2.29. The van der Waals surface area contributed by atoms with Crippen molar-refractivity contribution in [2.75, 3.05) is 24.5 Å². The van der Waals surface area contributed by atoms with E-state index in [0.29, 0.717) is 18.1 Å². The molecule has 0 saturated carbocycles. The maximum Gasteiger partial charge on any atom is 0.0990 e. The number of benzene rings is 1. The molecule has 1 saturated heterocycles. The van der Waals surface area contributed by atoms with E-state index >= 15 is 0 Å². The van der Waals surface area contributed by atoms with Gasteiger partial charge in [0, 0.05) is 30.3 Å². The molecule has 1 aromatic carbocycles. The molecule has 4 nitrogen and oxygen atoms in total. The van der Waals surface area contributed by atoms with Crippen molar-refractivity contribution in [2.24, 2.45) is 0 Å². The summed E-state index contributed by atoms with van der Waals surface area (Å²) in [5.74, 6) is 0. The molecule has 0 amide bonds. The number of anilines is 1. The van der Waals surface area contributed by atoms with Gasteiger partial charge in [0.25, 0.3) is 0 Å². The highest BCUT2D eigenvalue weighted by Crippen LogP contribution is 2.26. The molecule has 1 heterocycles. The van der Waals surface area contributed by atoms with Gasteiger partial charge in [-0.25, -0.2) is 0 Å². The normalized spacial score (nSPS) is 23.7. The van der Waals surface area contributed by atoms with E-state index in [0.717, 1.165) is 24.3 Å². The first-order chi connectivity index (χ1) is 8.61. The standard InChI is InChI=1S/C13H19ClN2O2/c1-2-15-6-9-3-4-10(5-11(9)14)16-7-12(17)13(18)8-16/h3-5,12-13,15,17-18H,2,6-8H2,1H3. The summed E-state index contributed by atoms with van der Waals surface area (Å²) >= 11 is 6.22. The molecule has 0 spiro atoms. The number of β-amino-alcohol motifs (C(OH)–C–C–N with tert-alkyl or cyclic N) is 2. The minimum Gasteiger partial charge on any atom is -0.389 e. The van der Waals surface area contributed by atoms with Crippen LogP contribution in [0.4, 0.5) is 5.69 Å². The number of nitrogens with one attached hydrogen (secondary N) is 1. The first-order valence-electron chi connectivity index (χ1n) is 6.22. The molecule has 1 aromatic rings. The largest absolute Gasteiger partial charge is 0.389 e. The molecule has 3 N–H and O–H groups in total. The number of nitrogens with zero attached hydrogens (tertiary/aromatic N) is 1. The Kier molecular flexibility index (Phi) is 4.45. The Morgan fingerprint density at radius 1 is 1.33 bits per heavy atom. The van der Waals surface area contributed by atoms with Crippen LogP contribution in [-0.4, -0.2) is 42.1 Å². The number of halogens is 1. The fourth-order valence-electron chi connectivity index (χ4n) is 2.12. The van der Waals surface area contributed by atoms with Gasteiger partial charge in [-0.05, 0) is 24.2 Å². The van der Waals surface area contributed by atoms with E-state index in [1.54, 1.807) is 0 Å². The van der Waals surface area contributed by atoms with Crippen LogP contribution in [0.3, 0.4) is 0 Å². The summed E-state index contributed by atoms with van der Waals surface area (Å²) in [6, 6.07) is 5.85. The first-order valence-corrected chi connectivity index (χ1v) is 6.60. The van der Waals surface area contributed by atoms with Crippen molar-refractivity contribution in [1.82, 2.24) is 5.32 Å². The van der Waals surface area contributed by atoms with Gasteiger partial charge in [-0.15, -0.1) is 0 Å². The van der Waals surface area contributed by atoms with E-state index in [1.165, 1.54) is 0 Å². The van der Waals surface area contributed by atoms with Gasteiger partial charge in [-0.3, -0.25) is 0 Å². The van der Waals surface area contributed by atoms with Crippen LogP contribution in [0, 0.1) is 0 Å². The molecular formula is C13H19ClN2O2. The SMILES string of the molecule is CCNCc1ccc(N2CC(O)C(O)C2)cc1Cl. The summed E-state index contributed by atoms with van der Waals surface area (Å²) in [5.41, 5.74) is 2.00. The molecule has 0 aliphatic carbocycles. The first kappa shape index (κ1) is 13.6. The van der Waals surface area contributed by atoms with Crippen molar-refractivity contribution < 1.29 is 10.2 Å². The van der Waals surface area contributed by atoms with Crippen molar-refractivity contribution in [3.63, 3.8) is 0 Å². The Morgan fingerprint density at radius 2 is 2.00 bits per heavy atom. The lowest BCUT2D eigenvalue weighted by atomic mass is 10.2. The highest BCUT2D eigenvalue weighted by molar-refractivity contribution is 6.31. The quantitative estimate of drug-likeness (QED) is 0.764. The molecule has 2 rings (SSSR count). The Bertz CT molecular complexity index is 404. The van der Waals surface area contributed by atoms with Gasteiger partial charge in [-0.2, -0.15) is 0 Å². The van der Waals surface area contributed by atoms with Crippen LogP contribution in [-0.2, 0) is 6.54 Å². The molecule has 0 radical (unpaired) electrons. The third-order valence-corrected chi connectivity index (χ3v) is 3.58. The van der Waals surface area contributed by atoms with E-state index in [-0.39, 0.29) is 0 Å². The number of aliphatic hydroxyl groups excluding tert-OH is 2. The second-order valence-electron chi connectivity index (χ2n) is 4.60. The number of hydrogen-bond donors (Lipinski definition) is 3. The summed E-state index contributed by atoms with van der Waals surface area (Å²) < 4.78 is 0. The highest BCUT2D eigenvalue weighted by atomic mass is 35.5. The zero-order valence-corrected chi connectivity index (χ0v) is 11.2. The van der Waals surface area contributed by atoms with Crippen molar-refractivity contribution in [3.8, 4) is 0 Å². The fourth-order valence-corrected chi connectivity index (χ4v) is 2.36. The molecular weight excluding hydrogens is 252 g/mol. The minimum absolute atomic E-state index is 0.448. The second-order valence-corrected chi connectivity index (χ2v) is 5.00. The van der Waals surface area contributed by atoms with Gasteiger partial charge in [-0.1, -0.05) is 24.6 Å². The van der Waals surface area contributed by atoms with Crippen LogP contribution in [0.1, 0.15) is 12.5 Å². The molecule has 0 aromatic heterocycles. The molecule has 18 heavy (non-hydrogen) atoms. The lowest BCUT2D eigenvalue weighted by Crippen LogP contribution is -2.22. The molecule has 100 valence electrons. The molecule has 1 aliphatic heterocycles. The second kappa shape index (κ2) is 5.89. The summed E-state index contributed by atoms with van der Waals surface area (Å²) in [6.45, 7) is 4.60. The molecule has 1 aliphatic rings. The van der Waals surface area contributed by atoms with Crippen molar-refractivity contribution in [2.45, 2.75) is 25.7 Å². The Morgan fingerprint density at radius 3 is 2.56 bits per heavy atom. The minimum atomic E-state index is -0.676. The number of rotatable bonds is 4. The zero-order chi connectivity index (χ0) is 13.1. The summed E-state index contributed by atoms with van der Waals surface area (Å²) in [7, 11) is 0. The van der Waals surface area contributed by atoms with Crippen LogP contribution in [0.2, 0.25) is 5.02 Å². The van der Waals surface area contributed by atoms with E-state index in [2.05, 4.69) is 12.2 Å². The van der Waals surface area contributed by atoms with E-state index in [4.69, 9.17) is 11.6 Å². The summed E-state index contributed by atoms with van der Waals surface area (Å²) in [6.07, 6.45) is -1.35. The molecule has 0 bridgehead atoms. The van der Waals surface area contributed by atoms with Crippen LogP contribution >= 0.6 is 11.6 Å². The van der Waals surface area contributed by atoms with E-state index < -0.39 is 12.2 Å². The zero-order valence-electron chi connectivity index (χ0n) is 10.4. The van der Waals surface area contributed by atoms with Crippen LogP contribution in [0.25, 0.3) is 0 Å². The summed E-state index contributed by atoms with van der Waals surface area (Å²) in [4.78, 5) is 1.94. The molecule has 2 unspecified atom stereocenters. The predicted molar refractivity (Wildman–Crippen MR) is 73.1 cm³/mol. The van der Waals surface area contributed by atoms with Crippen molar-refractivity contribution >= 4 is 17.3 Å². The predicted octanol–water partition coefficient (Wildman–Crippen LogP) is 0.991. The van der Waals surface area contributed by atoms with Crippen molar-refractivity contribution in [3.05, 3.63) is 28.8 Å². The number of aliphatic hydroxyl groups is 2. The molecule has 5 heteroatoms. The Labute approximate surface area is 112 Å². The summed E-state index contributed by atoms with van der Waals surface area (Å²) in [5, 5.41) is 23.0. The lowest BCUT2D eigenvalue weighted by molar-refractivity contribution is 0.0572. The topological polar surface area (TPSA) is 55.7 Å². The van der Waals surface area contributed by atoms with Crippen LogP contribution in [0.15, 0.2) is 18.2 Å². The van der Waals surface area contributed by atoms with Gasteiger partial charge in [0.05, 0.1) is 12.2 Å². The van der Waals surface area contributed by atoms with Crippen LogP contribution < -0.4 is 10.2 Å². The number of hydrogen-bond acceptors (Lipinski definition) is 4. The van der Waals surface area contributed by atoms with E-state index in [1.807, 2.05) is 23.1 Å². The average Bonchev–Trinajstić information content (AvgIpc) is 2.68. The van der Waals surface area contributed by atoms with E-state index in [9.17, 15) is 10.2 Å². The monoisotopic (exact) mass is 270 g/mol. The van der Waals surface area contributed by atoms with Gasteiger partial charge in [0.2, 0.25) is 0 Å². The van der Waals surface area contributed by atoms with Gasteiger partial charge in [0.15, 0.2) is 0 Å².